The fourth-order valence-corrected chi connectivity index (χ4v) is 0.687. The van der Waals surface area contributed by atoms with Crippen LogP contribution in [0.4, 0.5) is 5.82 Å². The number of carbonyl (C=O) groups is 1. The lowest BCUT2D eigenvalue weighted by atomic mass is 10.5. The number of nitrogens with zero attached hydrogens (tertiary/aromatic N) is 2. The first kappa shape index (κ1) is 8.07. The van der Waals surface area contributed by atoms with E-state index in [1.807, 2.05) is 0 Å². The van der Waals surface area contributed by atoms with Crippen molar-refractivity contribution in [3.63, 3.8) is 0 Å². The van der Waals surface area contributed by atoms with Gasteiger partial charge in [0, 0.05) is 24.8 Å². The van der Waals surface area contributed by atoms with Crippen LogP contribution >= 0.6 is 11.8 Å². The number of halogens is 1. The van der Waals surface area contributed by atoms with Gasteiger partial charge in [-0.05, 0) is 6.92 Å². The fourth-order valence-electron chi connectivity index (χ4n) is 0.607. The molecule has 5 heteroatoms. The molecule has 1 heterocycles. The maximum Gasteiger partial charge on any atom is 0.239 e. The number of amides is 1. The Bertz CT molecular complexity index is 271. The summed E-state index contributed by atoms with van der Waals surface area (Å²) in [5.74, 6) is 0.642. The zero-order chi connectivity index (χ0) is 8.43. The SMILES string of the molecule is CC(=O)N(Cl)c1cc(C)on1. The topological polar surface area (TPSA) is 46.3 Å². The van der Waals surface area contributed by atoms with E-state index in [-0.39, 0.29) is 5.91 Å². The van der Waals surface area contributed by atoms with Crippen LogP contribution in [0, 0.1) is 6.92 Å². The lowest BCUT2D eigenvalue weighted by Gasteiger charge is -2.03. The second-order valence-electron chi connectivity index (χ2n) is 2.10. The summed E-state index contributed by atoms with van der Waals surface area (Å²) in [5.41, 5.74) is 0. The van der Waals surface area contributed by atoms with Crippen LogP contribution in [0.15, 0.2) is 10.6 Å². The Morgan fingerprint density at radius 2 is 2.45 bits per heavy atom. The molecule has 0 saturated carbocycles. The molecule has 11 heavy (non-hydrogen) atoms. The smallest absolute Gasteiger partial charge is 0.239 e. The van der Waals surface area contributed by atoms with Gasteiger partial charge in [-0.1, -0.05) is 5.16 Å². The van der Waals surface area contributed by atoms with Crippen molar-refractivity contribution in [3.8, 4) is 0 Å². The number of carbonyl (C=O) groups excluding carboxylic acids is 1. The van der Waals surface area contributed by atoms with Gasteiger partial charge in [-0.15, -0.1) is 0 Å². The van der Waals surface area contributed by atoms with Gasteiger partial charge in [-0.3, -0.25) is 4.79 Å². The minimum absolute atomic E-state index is 0.292. The molecular formula is C6H7ClN2O2. The molecular weight excluding hydrogens is 168 g/mol. The maximum atomic E-state index is 10.7. The summed E-state index contributed by atoms with van der Waals surface area (Å²) in [5, 5.41) is 3.54. The second kappa shape index (κ2) is 2.92. The van der Waals surface area contributed by atoms with E-state index in [9.17, 15) is 4.79 Å². The average Bonchev–Trinajstić information content (AvgIpc) is 2.34. The molecule has 0 atom stereocenters. The van der Waals surface area contributed by atoms with Crippen LogP contribution in [0.25, 0.3) is 0 Å². The summed E-state index contributed by atoms with van der Waals surface area (Å²) < 4.78 is 5.61. The van der Waals surface area contributed by atoms with Gasteiger partial charge in [0.1, 0.15) is 5.76 Å². The van der Waals surface area contributed by atoms with Crippen molar-refractivity contribution < 1.29 is 9.32 Å². The van der Waals surface area contributed by atoms with Crippen LogP contribution in [0.5, 0.6) is 0 Å². The van der Waals surface area contributed by atoms with E-state index < -0.39 is 0 Å². The van der Waals surface area contributed by atoms with E-state index in [0.717, 1.165) is 4.42 Å². The monoisotopic (exact) mass is 174 g/mol. The first-order valence-corrected chi connectivity index (χ1v) is 3.35. The highest BCUT2D eigenvalue weighted by Crippen LogP contribution is 2.15. The molecule has 0 radical (unpaired) electrons. The van der Waals surface area contributed by atoms with Crippen molar-refractivity contribution in [2.45, 2.75) is 13.8 Å². The molecule has 1 amide bonds. The summed E-state index contributed by atoms with van der Waals surface area (Å²) in [6, 6.07) is 1.58. The first-order chi connectivity index (χ1) is 5.11. The molecule has 60 valence electrons. The van der Waals surface area contributed by atoms with E-state index in [1.54, 1.807) is 13.0 Å². The van der Waals surface area contributed by atoms with Crippen LogP contribution < -0.4 is 4.42 Å². The molecule has 0 fully saturated rings. The number of aromatic nitrogens is 1. The minimum Gasteiger partial charge on any atom is -0.359 e. The highest BCUT2D eigenvalue weighted by atomic mass is 35.5. The summed E-state index contributed by atoms with van der Waals surface area (Å²) in [4.78, 5) is 10.7. The zero-order valence-electron chi connectivity index (χ0n) is 6.17. The van der Waals surface area contributed by atoms with E-state index in [4.69, 9.17) is 16.3 Å². The number of rotatable bonds is 1. The van der Waals surface area contributed by atoms with E-state index in [2.05, 4.69) is 5.16 Å². The molecule has 0 aliphatic carbocycles. The summed E-state index contributed by atoms with van der Waals surface area (Å²) in [6.45, 7) is 3.07. The molecule has 0 spiro atoms. The van der Waals surface area contributed by atoms with Gasteiger partial charge in [0.15, 0.2) is 5.82 Å². The van der Waals surface area contributed by atoms with Crippen LogP contribution in [0.1, 0.15) is 12.7 Å². The normalized spacial score (nSPS) is 9.73. The van der Waals surface area contributed by atoms with Gasteiger partial charge < -0.3 is 4.52 Å². The Balaban J connectivity index is 2.84. The predicted molar refractivity (Wildman–Crippen MR) is 40.3 cm³/mol. The Kier molecular flexibility index (Phi) is 2.14. The van der Waals surface area contributed by atoms with Gasteiger partial charge in [-0.2, -0.15) is 0 Å². The zero-order valence-corrected chi connectivity index (χ0v) is 6.92. The third-order valence-electron chi connectivity index (χ3n) is 1.09. The third kappa shape index (κ3) is 1.71. The Morgan fingerprint density at radius 1 is 1.82 bits per heavy atom. The van der Waals surface area contributed by atoms with Crippen LogP contribution in [0.3, 0.4) is 0 Å². The van der Waals surface area contributed by atoms with Crippen molar-refractivity contribution in [1.29, 1.82) is 0 Å². The van der Waals surface area contributed by atoms with E-state index >= 15 is 0 Å². The van der Waals surface area contributed by atoms with Crippen molar-refractivity contribution in [1.82, 2.24) is 5.16 Å². The summed E-state index contributed by atoms with van der Waals surface area (Å²) >= 11 is 5.52. The fraction of sp³-hybridized carbons (Fsp3) is 0.333. The Morgan fingerprint density at radius 3 is 2.82 bits per heavy atom. The largest absolute Gasteiger partial charge is 0.359 e. The van der Waals surface area contributed by atoms with Gasteiger partial charge in [0.2, 0.25) is 5.91 Å². The van der Waals surface area contributed by atoms with Crippen molar-refractivity contribution >= 4 is 23.5 Å². The molecule has 0 bridgehead atoms. The van der Waals surface area contributed by atoms with Gasteiger partial charge in [0.05, 0.1) is 0 Å². The third-order valence-corrected chi connectivity index (χ3v) is 1.50. The Hall–Kier alpha value is -1.03. The molecule has 0 aliphatic heterocycles. The van der Waals surface area contributed by atoms with Crippen molar-refractivity contribution in [2.75, 3.05) is 4.42 Å². The van der Waals surface area contributed by atoms with E-state index in [1.165, 1.54) is 6.92 Å². The molecule has 0 N–H and O–H groups in total. The molecule has 0 saturated heterocycles. The molecule has 0 aliphatic rings. The standard InChI is InChI=1S/C6H7ClN2O2/c1-4-3-6(8-11-4)9(7)5(2)10/h3H,1-2H3. The Labute approximate surface area is 68.8 Å². The number of hydrogen-bond donors (Lipinski definition) is 0. The summed E-state index contributed by atoms with van der Waals surface area (Å²) in [6.07, 6.45) is 0. The highest BCUT2D eigenvalue weighted by Gasteiger charge is 2.11. The number of aryl methyl sites for hydroxylation is 1. The second-order valence-corrected chi connectivity index (χ2v) is 2.43. The molecule has 1 aromatic rings. The van der Waals surface area contributed by atoms with Gasteiger partial charge in [-0.25, -0.2) is 4.42 Å². The average molecular weight is 175 g/mol. The highest BCUT2D eigenvalue weighted by molar-refractivity contribution is 6.35. The maximum absolute atomic E-state index is 10.7. The first-order valence-electron chi connectivity index (χ1n) is 3.01. The molecule has 1 aromatic heterocycles. The van der Waals surface area contributed by atoms with Gasteiger partial charge in [0.25, 0.3) is 0 Å². The molecule has 0 aromatic carbocycles. The lowest BCUT2D eigenvalue weighted by Crippen LogP contribution is -2.16. The quantitative estimate of drug-likeness (QED) is 0.606. The van der Waals surface area contributed by atoms with Crippen LogP contribution in [0.2, 0.25) is 0 Å². The molecule has 4 nitrogen and oxygen atoms in total. The lowest BCUT2D eigenvalue weighted by molar-refractivity contribution is -0.115. The van der Waals surface area contributed by atoms with Gasteiger partial charge >= 0.3 is 0 Å². The van der Waals surface area contributed by atoms with Crippen LogP contribution in [-0.2, 0) is 4.79 Å². The predicted octanol–water partition coefficient (Wildman–Crippen LogP) is 1.49. The number of anilines is 1. The minimum atomic E-state index is -0.292. The molecule has 1 rings (SSSR count). The van der Waals surface area contributed by atoms with Crippen molar-refractivity contribution in [2.24, 2.45) is 0 Å². The summed E-state index contributed by atoms with van der Waals surface area (Å²) in [7, 11) is 0. The van der Waals surface area contributed by atoms with E-state index in [0.29, 0.717) is 11.6 Å². The van der Waals surface area contributed by atoms with Crippen LogP contribution in [-0.4, -0.2) is 11.1 Å². The molecule has 0 unspecified atom stereocenters. The van der Waals surface area contributed by atoms with Crippen molar-refractivity contribution in [3.05, 3.63) is 11.8 Å². The number of hydrogen-bond acceptors (Lipinski definition) is 3.